The fraction of sp³-hybridized carbons (Fsp3) is 0.667. The van der Waals surface area contributed by atoms with Gasteiger partial charge in [0.1, 0.15) is 5.69 Å². The molecule has 1 heterocycles. The third-order valence-electron chi connectivity index (χ3n) is 4.69. The zero-order valence-electron chi connectivity index (χ0n) is 14.8. The van der Waals surface area contributed by atoms with Gasteiger partial charge in [-0.05, 0) is 39.2 Å². The zero-order valence-corrected chi connectivity index (χ0v) is 14.8. The van der Waals surface area contributed by atoms with Gasteiger partial charge in [0, 0.05) is 5.69 Å². The molecule has 0 saturated heterocycles. The van der Waals surface area contributed by atoms with Gasteiger partial charge in [-0.2, -0.15) is 0 Å². The van der Waals surface area contributed by atoms with Crippen LogP contribution in [0.5, 0.6) is 0 Å². The molecule has 0 aliphatic heterocycles. The van der Waals surface area contributed by atoms with Gasteiger partial charge in [-0.3, -0.25) is 4.79 Å². The molecule has 1 aliphatic carbocycles. The predicted octanol–water partition coefficient (Wildman–Crippen LogP) is 2.62. The van der Waals surface area contributed by atoms with Gasteiger partial charge in [-0.1, -0.05) is 25.7 Å². The van der Waals surface area contributed by atoms with Crippen LogP contribution in [0.1, 0.15) is 77.6 Å². The molecule has 3 N–H and O–H groups in total. The Balaban J connectivity index is 2.14. The maximum Gasteiger partial charge on any atom is 0.340 e. The first kappa shape index (κ1) is 18.5. The van der Waals surface area contributed by atoms with Crippen molar-refractivity contribution in [3.63, 3.8) is 0 Å². The lowest BCUT2D eigenvalue weighted by atomic mass is 9.94. The summed E-state index contributed by atoms with van der Waals surface area (Å²) in [5.41, 5.74) is 1.99. The molecule has 1 aliphatic rings. The first-order chi connectivity index (χ1) is 11.5. The Kier molecular flexibility index (Phi) is 6.43. The molecule has 0 unspecified atom stereocenters. The number of hydrogen-bond acceptors (Lipinski definition) is 4. The molecule has 134 valence electrons. The monoisotopic (exact) mass is 336 g/mol. The molecular weight excluding hydrogens is 308 g/mol. The number of aryl methyl sites for hydroxylation is 1. The van der Waals surface area contributed by atoms with Crippen molar-refractivity contribution in [2.75, 3.05) is 6.61 Å². The SMILES string of the molecule is CCOC(=O)c1c(C)[nH]c(C(=O)N[C@H]2CCCCCC[C@@H]2O)c1C. The molecule has 0 aromatic carbocycles. The number of aromatic amines is 1. The molecule has 1 amide bonds. The molecule has 0 spiro atoms. The van der Waals surface area contributed by atoms with Crippen LogP contribution < -0.4 is 5.32 Å². The molecule has 0 bridgehead atoms. The summed E-state index contributed by atoms with van der Waals surface area (Å²) in [6.45, 7) is 5.53. The number of nitrogens with one attached hydrogen (secondary N) is 2. The molecule has 1 aromatic heterocycles. The van der Waals surface area contributed by atoms with Gasteiger partial charge in [-0.15, -0.1) is 0 Å². The van der Waals surface area contributed by atoms with E-state index in [0.29, 0.717) is 35.5 Å². The number of aromatic nitrogens is 1. The summed E-state index contributed by atoms with van der Waals surface area (Å²) in [6.07, 6.45) is 5.22. The van der Waals surface area contributed by atoms with Crippen molar-refractivity contribution in [3.8, 4) is 0 Å². The second-order valence-corrected chi connectivity index (χ2v) is 6.48. The van der Waals surface area contributed by atoms with Crippen molar-refractivity contribution < 1.29 is 19.4 Å². The topological polar surface area (TPSA) is 91.4 Å². The Morgan fingerprint density at radius 3 is 2.54 bits per heavy atom. The van der Waals surface area contributed by atoms with Gasteiger partial charge in [0.25, 0.3) is 5.91 Å². The molecule has 24 heavy (non-hydrogen) atoms. The zero-order chi connectivity index (χ0) is 17.7. The number of H-pyrrole nitrogens is 1. The molecule has 1 saturated carbocycles. The second-order valence-electron chi connectivity index (χ2n) is 6.48. The number of rotatable bonds is 4. The van der Waals surface area contributed by atoms with E-state index >= 15 is 0 Å². The lowest BCUT2D eigenvalue weighted by Gasteiger charge is -2.26. The van der Waals surface area contributed by atoms with Crippen LogP contribution in [-0.4, -0.2) is 40.7 Å². The molecule has 1 aromatic rings. The number of aliphatic hydroxyl groups is 1. The number of esters is 1. The van der Waals surface area contributed by atoms with E-state index in [1.165, 1.54) is 0 Å². The molecule has 6 nitrogen and oxygen atoms in total. The van der Waals surface area contributed by atoms with E-state index in [0.717, 1.165) is 32.1 Å². The third kappa shape index (κ3) is 4.17. The van der Waals surface area contributed by atoms with Gasteiger partial charge >= 0.3 is 5.97 Å². The van der Waals surface area contributed by atoms with Crippen LogP contribution in [0.25, 0.3) is 0 Å². The Bertz CT molecular complexity index is 594. The number of hydrogen-bond donors (Lipinski definition) is 3. The summed E-state index contributed by atoms with van der Waals surface area (Å²) in [6, 6.07) is -0.244. The summed E-state index contributed by atoms with van der Waals surface area (Å²) in [5, 5.41) is 13.2. The number of ether oxygens (including phenoxy) is 1. The average molecular weight is 336 g/mol. The van der Waals surface area contributed by atoms with Crippen molar-refractivity contribution >= 4 is 11.9 Å². The highest BCUT2D eigenvalue weighted by Gasteiger charge is 2.27. The van der Waals surface area contributed by atoms with Crippen molar-refractivity contribution in [2.45, 2.75) is 71.4 Å². The average Bonchev–Trinajstić information content (AvgIpc) is 2.82. The Hall–Kier alpha value is -1.82. The van der Waals surface area contributed by atoms with Gasteiger partial charge in [0.05, 0.1) is 24.3 Å². The minimum absolute atomic E-state index is 0.244. The Morgan fingerprint density at radius 1 is 1.21 bits per heavy atom. The van der Waals surface area contributed by atoms with Gasteiger partial charge in [0.15, 0.2) is 0 Å². The lowest BCUT2D eigenvalue weighted by Crippen LogP contribution is -2.44. The van der Waals surface area contributed by atoms with Gasteiger partial charge < -0.3 is 20.1 Å². The molecule has 2 rings (SSSR count). The van der Waals surface area contributed by atoms with E-state index in [1.807, 2.05) is 0 Å². The number of carbonyl (C=O) groups excluding carboxylic acids is 2. The standard InChI is InChI=1S/C18H28N2O4/c1-4-24-18(23)15-11(2)16(19-12(15)3)17(22)20-13-9-7-5-6-8-10-14(13)21/h13-14,19,21H,4-10H2,1-3H3,(H,20,22)/t13-,14-/m0/s1. The minimum atomic E-state index is -0.518. The highest BCUT2D eigenvalue weighted by atomic mass is 16.5. The van der Waals surface area contributed by atoms with Crippen LogP contribution in [0.15, 0.2) is 0 Å². The molecule has 2 atom stereocenters. The van der Waals surface area contributed by atoms with Crippen molar-refractivity contribution in [3.05, 3.63) is 22.5 Å². The molecular formula is C18H28N2O4. The van der Waals surface area contributed by atoms with Crippen molar-refractivity contribution in [2.24, 2.45) is 0 Å². The van der Waals surface area contributed by atoms with E-state index in [-0.39, 0.29) is 11.9 Å². The van der Waals surface area contributed by atoms with E-state index in [1.54, 1.807) is 20.8 Å². The fourth-order valence-electron chi connectivity index (χ4n) is 3.36. The summed E-state index contributed by atoms with van der Waals surface area (Å²) in [4.78, 5) is 27.6. The number of carbonyl (C=O) groups is 2. The van der Waals surface area contributed by atoms with Crippen LogP contribution in [0.3, 0.4) is 0 Å². The second kappa shape index (κ2) is 8.33. The number of amides is 1. The smallest absolute Gasteiger partial charge is 0.340 e. The van der Waals surface area contributed by atoms with E-state index in [9.17, 15) is 14.7 Å². The van der Waals surface area contributed by atoms with Crippen molar-refractivity contribution in [1.82, 2.24) is 10.3 Å². The minimum Gasteiger partial charge on any atom is -0.462 e. The van der Waals surface area contributed by atoms with E-state index in [2.05, 4.69) is 10.3 Å². The first-order valence-electron chi connectivity index (χ1n) is 8.80. The third-order valence-corrected chi connectivity index (χ3v) is 4.69. The van der Waals surface area contributed by atoms with E-state index < -0.39 is 12.1 Å². The Morgan fingerprint density at radius 2 is 1.88 bits per heavy atom. The maximum atomic E-state index is 12.6. The largest absolute Gasteiger partial charge is 0.462 e. The maximum absolute atomic E-state index is 12.6. The number of aliphatic hydroxyl groups excluding tert-OH is 1. The van der Waals surface area contributed by atoms with Crippen LogP contribution in [0.2, 0.25) is 0 Å². The molecule has 0 radical (unpaired) electrons. The predicted molar refractivity (Wildman–Crippen MR) is 91.2 cm³/mol. The van der Waals surface area contributed by atoms with Crippen LogP contribution in [0.4, 0.5) is 0 Å². The van der Waals surface area contributed by atoms with Crippen LogP contribution in [0, 0.1) is 13.8 Å². The van der Waals surface area contributed by atoms with Crippen LogP contribution in [-0.2, 0) is 4.74 Å². The summed E-state index contributed by atoms with van der Waals surface area (Å²) < 4.78 is 5.05. The summed E-state index contributed by atoms with van der Waals surface area (Å²) in [7, 11) is 0. The first-order valence-corrected chi connectivity index (χ1v) is 8.80. The highest BCUT2D eigenvalue weighted by molar-refractivity contribution is 6.00. The quantitative estimate of drug-likeness (QED) is 0.737. The molecule has 6 heteroatoms. The van der Waals surface area contributed by atoms with E-state index in [4.69, 9.17) is 4.74 Å². The molecule has 1 fully saturated rings. The summed E-state index contributed by atoms with van der Waals surface area (Å²) in [5.74, 6) is -0.704. The van der Waals surface area contributed by atoms with Gasteiger partial charge in [-0.25, -0.2) is 4.79 Å². The van der Waals surface area contributed by atoms with Crippen LogP contribution >= 0.6 is 0 Å². The normalized spacial score (nSPS) is 21.7. The summed E-state index contributed by atoms with van der Waals surface area (Å²) >= 11 is 0. The Labute approximate surface area is 143 Å². The van der Waals surface area contributed by atoms with Crippen molar-refractivity contribution in [1.29, 1.82) is 0 Å². The lowest BCUT2D eigenvalue weighted by molar-refractivity contribution is 0.0525. The highest BCUT2D eigenvalue weighted by Crippen LogP contribution is 2.21. The van der Waals surface area contributed by atoms with Gasteiger partial charge in [0.2, 0.25) is 0 Å². The fourth-order valence-corrected chi connectivity index (χ4v) is 3.36.